The molecular formula is C56H36N4. The Morgan fingerprint density at radius 3 is 1.48 bits per heavy atom. The molecule has 0 atom stereocenters. The van der Waals surface area contributed by atoms with E-state index in [1.807, 2.05) is 36.4 Å². The van der Waals surface area contributed by atoms with E-state index in [0.29, 0.717) is 17.5 Å². The van der Waals surface area contributed by atoms with Gasteiger partial charge in [-0.25, -0.2) is 15.0 Å². The van der Waals surface area contributed by atoms with E-state index in [-0.39, 0.29) is 0 Å². The normalized spacial score (nSPS) is 12.8. The third-order valence-corrected chi connectivity index (χ3v) is 12.3. The Morgan fingerprint density at radius 1 is 0.333 bits per heavy atom. The Hall–Kier alpha value is -7.95. The highest BCUT2D eigenvalue weighted by atomic mass is 15.0. The molecule has 12 rings (SSSR count). The maximum Gasteiger partial charge on any atom is 0.164 e. The quantitative estimate of drug-likeness (QED) is 0.169. The lowest BCUT2D eigenvalue weighted by Crippen LogP contribution is -2.28. The first kappa shape index (κ1) is 34.1. The van der Waals surface area contributed by atoms with Crippen molar-refractivity contribution in [3.63, 3.8) is 0 Å². The Balaban J connectivity index is 1.16. The van der Waals surface area contributed by atoms with Crippen molar-refractivity contribution in [2.45, 2.75) is 5.41 Å². The van der Waals surface area contributed by atoms with E-state index in [4.69, 9.17) is 15.0 Å². The molecule has 0 radical (unpaired) electrons. The zero-order chi connectivity index (χ0) is 39.6. The van der Waals surface area contributed by atoms with Gasteiger partial charge in [0.15, 0.2) is 17.5 Å². The van der Waals surface area contributed by atoms with Crippen LogP contribution in [0.4, 0.5) is 0 Å². The van der Waals surface area contributed by atoms with Gasteiger partial charge < -0.3 is 4.57 Å². The molecule has 2 heterocycles. The minimum Gasteiger partial charge on any atom is -0.309 e. The standard InChI is InChI=1S/C56H36N4/c1-4-18-38(19-5-1)53-57-54(39-20-6-2-7-21-39)59-55(58-53)40-31-33-51-46(35-40)47-36-42(32-34-52(47)60(51)50-30-16-22-37-17-10-11-25-43(37)50)56(41-23-8-3-9-24-41)48-28-14-12-26-44(48)45-27-13-15-29-49(45)56/h1-36H. The summed E-state index contributed by atoms with van der Waals surface area (Å²) in [4.78, 5) is 15.3. The van der Waals surface area contributed by atoms with E-state index in [2.05, 4.69) is 187 Å². The summed E-state index contributed by atoms with van der Waals surface area (Å²) >= 11 is 0. The van der Waals surface area contributed by atoms with Gasteiger partial charge in [0.2, 0.25) is 0 Å². The van der Waals surface area contributed by atoms with Crippen LogP contribution in [0.25, 0.3) is 83.6 Å². The number of nitrogens with zero attached hydrogens (tertiary/aromatic N) is 4. The maximum atomic E-state index is 5.14. The minimum atomic E-state index is -0.530. The molecule has 0 saturated heterocycles. The smallest absolute Gasteiger partial charge is 0.164 e. The van der Waals surface area contributed by atoms with Crippen molar-refractivity contribution < 1.29 is 0 Å². The van der Waals surface area contributed by atoms with Crippen LogP contribution in [0.5, 0.6) is 0 Å². The lowest BCUT2D eigenvalue weighted by Gasteiger charge is -2.34. The topological polar surface area (TPSA) is 43.6 Å². The summed E-state index contributed by atoms with van der Waals surface area (Å²) in [5, 5.41) is 4.69. The molecule has 280 valence electrons. The van der Waals surface area contributed by atoms with Crippen molar-refractivity contribution in [2.75, 3.05) is 0 Å². The van der Waals surface area contributed by atoms with Crippen LogP contribution in [0.3, 0.4) is 0 Å². The van der Waals surface area contributed by atoms with E-state index in [9.17, 15) is 0 Å². The van der Waals surface area contributed by atoms with Crippen molar-refractivity contribution >= 4 is 32.6 Å². The monoisotopic (exact) mass is 764 g/mol. The molecule has 0 unspecified atom stereocenters. The fourth-order valence-electron chi connectivity index (χ4n) is 9.71. The highest BCUT2D eigenvalue weighted by Crippen LogP contribution is 2.56. The van der Waals surface area contributed by atoms with Crippen LogP contribution >= 0.6 is 0 Å². The molecule has 0 bridgehead atoms. The van der Waals surface area contributed by atoms with Crippen molar-refractivity contribution in [1.82, 2.24) is 19.5 Å². The zero-order valence-electron chi connectivity index (χ0n) is 32.6. The van der Waals surface area contributed by atoms with Gasteiger partial charge in [-0.2, -0.15) is 0 Å². The average Bonchev–Trinajstić information content (AvgIpc) is 3.82. The van der Waals surface area contributed by atoms with E-state index in [1.165, 1.54) is 44.2 Å². The van der Waals surface area contributed by atoms with Crippen LogP contribution in [0.1, 0.15) is 22.3 Å². The lowest BCUT2D eigenvalue weighted by atomic mass is 9.67. The molecule has 0 saturated carbocycles. The molecule has 11 aromatic rings. The average molecular weight is 765 g/mol. The Morgan fingerprint density at radius 2 is 0.833 bits per heavy atom. The molecule has 0 spiro atoms. The van der Waals surface area contributed by atoms with Crippen LogP contribution in [0.2, 0.25) is 0 Å². The summed E-state index contributed by atoms with van der Waals surface area (Å²) in [5.74, 6) is 1.91. The molecule has 0 fully saturated rings. The van der Waals surface area contributed by atoms with E-state index in [0.717, 1.165) is 44.2 Å². The molecule has 1 aliphatic carbocycles. The van der Waals surface area contributed by atoms with E-state index >= 15 is 0 Å². The number of rotatable bonds is 6. The summed E-state index contributed by atoms with van der Waals surface area (Å²) in [6, 6.07) is 78.3. The zero-order valence-corrected chi connectivity index (χ0v) is 32.6. The summed E-state index contributed by atoms with van der Waals surface area (Å²) < 4.78 is 2.44. The largest absolute Gasteiger partial charge is 0.309 e. The van der Waals surface area contributed by atoms with Gasteiger partial charge in [0.05, 0.1) is 22.1 Å². The molecule has 4 nitrogen and oxygen atoms in total. The molecule has 1 aliphatic rings. The second-order valence-corrected chi connectivity index (χ2v) is 15.5. The molecule has 0 aliphatic heterocycles. The van der Waals surface area contributed by atoms with Crippen LogP contribution in [-0.4, -0.2) is 19.5 Å². The van der Waals surface area contributed by atoms with Gasteiger partial charge in [-0.15, -0.1) is 0 Å². The number of hydrogen-bond acceptors (Lipinski definition) is 3. The van der Waals surface area contributed by atoms with Crippen molar-refractivity contribution in [3.05, 3.63) is 241 Å². The summed E-state index contributed by atoms with van der Waals surface area (Å²) in [6.07, 6.45) is 0. The SMILES string of the molecule is c1ccc(-c2nc(-c3ccccc3)nc(-c3ccc4c(c3)c3cc(C5(c6ccccc6)c6ccccc6-c6ccccc65)ccc3n4-c3cccc4ccccc34)n2)cc1. The van der Waals surface area contributed by atoms with Crippen molar-refractivity contribution in [1.29, 1.82) is 0 Å². The molecule has 60 heavy (non-hydrogen) atoms. The van der Waals surface area contributed by atoms with Gasteiger partial charge >= 0.3 is 0 Å². The first-order valence-corrected chi connectivity index (χ1v) is 20.4. The molecule has 0 N–H and O–H groups in total. The summed E-state index contributed by atoms with van der Waals surface area (Å²) in [5.41, 5.74) is 13.3. The fraction of sp³-hybridized carbons (Fsp3) is 0.0179. The Bertz CT molecular complexity index is 3320. The predicted octanol–water partition coefficient (Wildman–Crippen LogP) is 13.5. The molecule has 2 aromatic heterocycles. The lowest BCUT2D eigenvalue weighted by molar-refractivity contribution is 0.770. The van der Waals surface area contributed by atoms with Crippen LogP contribution < -0.4 is 0 Å². The number of hydrogen-bond donors (Lipinski definition) is 0. The van der Waals surface area contributed by atoms with Gasteiger partial charge in [-0.3, -0.25) is 0 Å². The van der Waals surface area contributed by atoms with Gasteiger partial charge in [-0.1, -0.05) is 182 Å². The molecule has 4 heteroatoms. The first-order chi connectivity index (χ1) is 29.8. The molecule has 0 amide bonds. The number of fused-ring (bicyclic) bond motifs is 7. The number of benzene rings is 9. The van der Waals surface area contributed by atoms with Gasteiger partial charge in [0, 0.05) is 32.8 Å². The Kier molecular flexibility index (Phi) is 7.72. The Labute approximate surface area is 347 Å². The van der Waals surface area contributed by atoms with Crippen molar-refractivity contribution in [2.24, 2.45) is 0 Å². The molecular weight excluding hydrogens is 729 g/mol. The fourth-order valence-corrected chi connectivity index (χ4v) is 9.71. The first-order valence-electron chi connectivity index (χ1n) is 20.4. The highest BCUT2D eigenvalue weighted by molar-refractivity contribution is 6.12. The maximum absolute atomic E-state index is 5.14. The molecule has 9 aromatic carbocycles. The van der Waals surface area contributed by atoms with E-state index < -0.39 is 5.41 Å². The van der Waals surface area contributed by atoms with Crippen LogP contribution in [0.15, 0.2) is 218 Å². The second kappa shape index (κ2) is 13.6. The van der Waals surface area contributed by atoms with Gasteiger partial charge in [0.25, 0.3) is 0 Å². The van der Waals surface area contributed by atoms with Crippen molar-refractivity contribution in [3.8, 4) is 51.0 Å². The van der Waals surface area contributed by atoms with Gasteiger partial charge in [0.1, 0.15) is 0 Å². The predicted molar refractivity (Wildman–Crippen MR) is 245 cm³/mol. The minimum absolute atomic E-state index is 0.530. The van der Waals surface area contributed by atoms with Gasteiger partial charge in [-0.05, 0) is 75.2 Å². The third-order valence-electron chi connectivity index (χ3n) is 12.3. The summed E-state index contributed by atoms with van der Waals surface area (Å²) in [7, 11) is 0. The number of aromatic nitrogens is 4. The van der Waals surface area contributed by atoms with Crippen LogP contribution in [-0.2, 0) is 5.41 Å². The highest BCUT2D eigenvalue weighted by Gasteiger charge is 2.46. The second-order valence-electron chi connectivity index (χ2n) is 15.5. The van der Waals surface area contributed by atoms with E-state index in [1.54, 1.807) is 0 Å². The third kappa shape index (κ3) is 5.14. The summed E-state index contributed by atoms with van der Waals surface area (Å²) in [6.45, 7) is 0. The van der Waals surface area contributed by atoms with Crippen LogP contribution in [0, 0.1) is 0 Å².